The Morgan fingerprint density at radius 1 is 1.59 bits per heavy atom. The Labute approximate surface area is 99.5 Å². The van der Waals surface area contributed by atoms with Gasteiger partial charge in [-0.1, -0.05) is 0 Å². The number of amides is 1. The molecule has 1 saturated heterocycles. The number of aryl methyl sites for hydroxylation is 1. The van der Waals surface area contributed by atoms with Crippen molar-refractivity contribution in [1.29, 1.82) is 0 Å². The summed E-state index contributed by atoms with van der Waals surface area (Å²) in [6.45, 7) is 3.38. The SMILES string of the molecule is Cc1cncc(N)c1N1CCC(OC(N)=O)C1. The zero-order valence-corrected chi connectivity index (χ0v) is 9.72. The molecule has 2 heterocycles. The summed E-state index contributed by atoms with van der Waals surface area (Å²) in [4.78, 5) is 16.8. The summed E-state index contributed by atoms with van der Waals surface area (Å²) in [5.74, 6) is 0. The van der Waals surface area contributed by atoms with Crippen LogP contribution in [-0.2, 0) is 4.74 Å². The number of anilines is 2. The molecule has 17 heavy (non-hydrogen) atoms. The van der Waals surface area contributed by atoms with Gasteiger partial charge in [0, 0.05) is 19.2 Å². The van der Waals surface area contributed by atoms with Crippen LogP contribution in [0.2, 0.25) is 0 Å². The van der Waals surface area contributed by atoms with Gasteiger partial charge in [-0.25, -0.2) is 4.79 Å². The lowest BCUT2D eigenvalue weighted by Gasteiger charge is -2.22. The number of carbonyl (C=O) groups is 1. The zero-order valence-electron chi connectivity index (χ0n) is 9.72. The van der Waals surface area contributed by atoms with Gasteiger partial charge in [-0.15, -0.1) is 0 Å². The molecule has 1 aliphatic heterocycles. The largest absolute Gasteiger partial charge is 0.444 e. The fourth-order valence-electron chi connectivity index (χ4n) is 2.20. The molecular formula is C11H16N4O2. The minimum Gasteiger partial charge on any atom is -0.444 e. The van der Waals surface area contributed by atoms with Crippen LogP contribution in [0.25, 0.3) is 0 Å². The van der Waals surface area contributed by atoms with E-state index in [9.17, 15) is 4.79 Å². The van der Waals surface area contributed by atoms with E-state index in [0.29, 0.717) is 12.2 Å². The van der Waals surface area contributed by atoms with Gasteiger partial charge in [0.25, 0.3) is 0 Å². The maximum atomic E-state index is 10.7. The van der Waals surface area contributed by atoms with Crippen molar-refractivity contribution in [2.45, 2.75) is 19.4 Å². The molecule has 92 valence electrons. The zero-order chi connectivity index (χ0) is 12.4. The maximum absolute atomic E-state index is 10.7. The molecular weight excluding hydrogens is 220 g/mol. The molecule has 1 amide bonds. The van der Waals surface area contributed by atoms with E-state index < -0.39 is 6.09 Å². The molecule has 1 aliphatic rings. The van der Waals surface area contributed by atoms with E-state index in [1.165, 1.54) is 0 Å². The minimum absolute atomic E-state index is 0.153. The molecule has 6 nitrogen and oxygen atoms in total. The van der Waals surface area contributed by atoms with Crippen LogP contribution in [0.4, 0.5) is 16.2 Å². The normalized spacial score (nSPS) is 19.4. The summed E-state index contributed by atoms with van der Waals surface area (Å²) >= 11 is 0. The number of ether oxygens (including phenoxy) is 1. The highest BCUT2D eigenvalue weighted by Gasteiger charge is 2.27. The predicted octanol–water partition coefficient (Wildman–Crippen LogP) is 0.646. The predicted molar refractivity (Wildman–Crippen MR) is 64.7 cm³/mol. The highest BCUT2D eigenvalue weighted by molar-refractivity contribution is 5.70. The van der Waals surface area contributed by atoms with Crippen molar-refractivity contribution in [3.05, 3.63) is 18.0 Å². The summed E-state index contributed by atoms with van der Waals surface area (Å²) in [6.07, 6.45) is 3.29. The van der Waals surface area contributed by atoms with E-state index in [2.05, 4.69) is 9.88 Å². The summed E-state index contributed by atoms with van der Waals surface area (Å²) in [7, 11) is 0. The molecule has 0 aliphatic carbocycles. The highest BCUT2D eigenvalue weighted by Crippen LogP contribution is 2.29. The topological polar surface area (TPSA) is 94.5 Å². The molecule has 1 unspecified atom stereocenters. The molecule has 6 heteroatoms. The first-order chi connectivity index (χ1) is 8.08. The number of hydrogen-bond donors (Lipinski definition) is 2. The molecule has 1 aromatic rings. The molecule has 0 saturated carbocycles. The first-order valence-electron chi connectivity index (χ1n) is 5.49. The Morgan fingerprint density at radius 2 is 2.35 bits per heavy atom. The molecule has 4 N–H and O–H groups in total. The number of nitrogen functional groups attached to an aromatic ring is 1. The number of hydrogen-bond acceptors (Lipinski definition) is 5. The number of primary amides is 1. The van der Waals surface area contributed by atoms with Crippen LogP contribution < -0.4 is 16.4 Å². The fraction of sp³-hybridized carbons (Fsp3) is 0.455. The Balaban J connectivity index is 2.12. The van der Waals surface area contributed by atoms with Crippen LogP contribution in [0.15, 0.2) is 12.4 Å². The van der Waals surface area contributed by atoms with Crippen LogP contribution in [-0.4, -0.2) is 30.3 Å². The van der Waals surface area contributed by atoms with Gasteiger partial charge in [-0.3, -0.25) is 4.98 Å². The Hall–Kier alpha value is -1.98. The summed E-state index contributed by atoms with van der Waals surface area (Å²) in [5, 5.41) is 0. The van der Waals surface area contributed by atoms with Gasteiger partial charge in [0.2, 0.25) is 0 Å². The molecule has 0 spiro atoms. The molecule has 0 bridgehead atoms. The second kappa shape index (κ2) is 4.48. The molecule has 2 rings (SSSR count). The minimum atomic E-state index is -0.726. The van der Waals surface area contributed by atoms with Gasteiger partial charge >= 0.3 is 6.09 Å². The van der Waals surface area contributed by atoms with E-state index in [4.69, 9.17) is 16.2 Å². The van der Waals surface area contributed by atoms with Crippen molar-refractivity contribution < 1.29 is 9.53 Å². The summed E-state index contributed by atoms with van der Waals surface area (Å²) < 4.78 is 4.98. The van der Waals surface area contributed by atoms with Gasteiger partial charge in [0.1, 0.15) is 6.10 Å². The third-order valence-electron chi connectivity index (χ3n) is 2.87. The van der Waals surface area contributed by atoms with Gasteiger partial charge in [-0.2, -0.15) is 0 Å². The van der Waals surface area contributed by atoms with Gasteiger partial charge in [0.05, 0.1) is 24.1 Å². The van der Waals surface area contributed by atoms with Gasteiger partial charge in [-0.05, 0) is 12.5 Å². The number of pyridine rings is 1. The van der Waals surface area contributed by atoms with Crippen LogP contribution in [0.5, 0.6) is 0 Å². The average molecular weight is 236 g/mol. The Bertz CT molecular complexity index is 415. The van der Waals surface area contributed by atoms with E-state index in [1.54, 1.807) is 12.4 Å². The Kier molecular flexibility index (Phi) is 3.03. The van der Waals surface area contributed by atoms with Crippen molar-refractivity contribution in [1.82, 2.24) is 4.98 Å². The number of rotatable bonds is 2. The number of nitrogens with two attached hydrogens (primary N) is 2. The molecule has 1 fully saturated rings. The second-order valence-electron chi connectivity index (χ2n) is 4.19. The lowest BCUT2D eigenvalue weighted by atomic mass is 10.2. The third-order valence-corrected chi connectivity index (χ3v) is 2.87. The lowest BCUT2D eigenvalue weighted by molar-refractivity contribution is 0.117. The van der Waals surface area contributed by atoms with Crippen molar-refractivity contribution >= 4 is 17.5 Å². The van der Waals surface area contributed by atoms with E-state index in [-0.39, 0.29) is 6.10 Å². The molecule has 1 aromatic heterocycles. The van der Waals surface area contributed by atoms with E-state index >= 15 is 0 Å². The van der Waals surface area contributed by atoms with Crippen LogP contribution in [0.3, 0.4) is 0 Å². The summed E-state index contributed by atoms with van der Waals surface area (Å²) in [6, 6.07) is 0. The number of aromatic nitrogens is 1. The Morgan fingerprint density at radius 3 is 3.00 bits per heavy atom. The average Bonchev–Trinajstić information content (AvgIpc) is 2.65. The van der Waals surface area contributed by atoms with Crippen molar-refractivity contribution in [3.8, 4) is 0 Å². The standard InChI is InChI=1S/C11H16N4O2/c1-7-4-14-5-9(12)10(7)15-3-2-8(6-15)17-11(13)16/h4-5,8H,2-3,6,12H2,1H3,(H2,13,16). The second-order valence-corrected chi connectivity index (χ2v) is 4.19. The molecule has 1 atom stereocenters. The number of nitrogens with zero attached hydrogens (tertiary/aromatic N) is 2. The van der Waals surface area contributed by atoms with Gasteiger partial charge in [0.15, 0.2) is 0 Å². The molecule has 0 radical (unpaired) electrons. The van der Waals surface area contributed by atoms with Crippen molar-refractivity contribution in [2.75, 3.05) is 23.7 Å². The maximum Gasteiger partial charge on any atom is 0.404 e. The summed E-state index contributed by atoms with van der Waals surface area (Å²) in [5.41, 5.74) is 13.5. The highest BCUT2D eigenvalue weighted by atomic mass is 16.6. The fourth-order valence-corrected chi connectivity index (χ4v) is 2.20. The smallest absolute Gasteiger partial charge is 0.404 e. The quantitative estimate of drug-likeness (QED) is 0.786. The van der Waals surface area contributed by atoms with Crippen LogP contribution in [0.1, 0.15) is 12.0 Å². The first kappa shape index (κ1) is 11.5. The third kappa shape index (κ3) is 2.41. The van der Waals surface area contributed by atoms with E-state index in [0.717, 1.165) is 24.2 Å². The van der Waals surface area contributed by atoms with E-state index in [1.807, 2.05) is 6.92 Å². The monoisotopic (exact) mass is 236 g/mol. The van der Waals surface area contributed by atoms with Crippen LogP contribution in [0, 0.1) is 6.92 Å². The number of carbonyl (C=O) groups excluding carboxylic acids is 1. The van der Waals surface area contributed by atoms with Crippen molar-refractivity contribution in [2.24, 2.45) is 5.73 Å². The molecule has 0 aromatic carbocycles. The van der Waals surface area contributed by atoms with Crippen LogP contribution >= 0.6 is 0 Å². The van der Waals surface area contributed by atoms with Gasteiger partial charge < -0.3 is 21.1 Å². The lowest BCUT2D eigenvalue weighted by Crippen LogP contribution is -2.27. The first-order valence-corrected chi connectivity index (χ1v) is 5.49. The van der Waals surface area contributed by atoms with Crippen molar-refractivity contribution in [3.63, 3.8) is 0 Å².